The molecular formula is C24H26N4O4S. The van der Waals surface area contributed by atoms with Crippen LogP contribution < -0.4 is 21.9 Å². The number of amides is 3. The summed E-state index contributed by atoms with van der Waals surface area (Å²) in [4.78, 5) is 38.8. The molecule has 0 spiro atoms. The van der Waals surface area contributed by atoms with Crippen LogP contribution >= 0.6 is 11.3 Å². The molecule has 0 saturated carbocycles. The van der Waals surface area contributed by atoms with E-state index >= 15 is 0 Å². The van der Waals surface area contributed by atoms with Crippen molar-refractivity contribution in [2.24, 2.45) is 5.84 Å². The van der Waals surface area contributed by atoms with Crippen LogP contribution in [0, 0.1) is 0 Å². The quantitative estimate of drug-likeness (QED) is 0.207. The van der Waals surface area contributed by atoms with Crippen molar-refractivity contribution in [3.05, 3.63) is 94.2 Å². The van der Waals surface area contributed by atoms with E-state index < -0.39 is 30.0 Å². The fraction of sp³-hybridized carbons (Fsp3) is 0.208. The fourth-order valence-corrected chi connectivity index (χ4v) is 3.93. The number of carbonyl (C=O) groups excluding carboxylic acids is 3. The third-order valence-electron chi connectivity index (χ3n) is 4.86. The summed E-state index contributed by atoms with van der Waals surface area (Å²) in [6, 6.07) is 20.4. The lowest BCUT2D eigenvalue weighted by molar-refractivity contribution is -0.130. The Bertz CT molecular complexity index is 1030. The number of nitrogens with two attached hydrogens (primary N) is 1. The van der Waals surface area contributed by atoms with Crippen LogP contribution in [0.25, 0.3) is 0 Å². The summed E-state index contributed by atoms with van der Waals surface area (Å²) in [5.74, 6) is 4.28. The molecule has 0 radical (unpaired) electrons. The molecule has 2 unspecified atom stereocenters. The van der Waals surface area contributed by atoms with Crippen LogP contribution in [0.15, 0.2) is 78.2 Å². The van der Waals surface area contributed by atoms with Gasteiger partial charge in [-0.3, -0.25) is 15.0 Å². The van der Waals surface area contributed by atoms with Crippen LogP contribution in [0.3, 0.4) is 0 Å². The lowest BCUT2D eigenvalue weighted by Crippen LogP contribution is -2.56. The Morgan fingerprint density at radius 3 is 2.03 bits per heavy atom. The number of alkyl carbamates (subject to hydrolysis) is 1. The van der Waals surface area contributed by atoms with Crippen molar-refractivity contribution in [3.8, 4) is 0 Å². The predicted molar refractivity (Wildman–Crippen MR) is 126 cm³/mol. The van der Waals surface area contributed by atoms with Crippen molar-refractivity contribution in [3.63, 3.8) is 0 Å². The molecule has 33 heavy (non-hydrogen) atoms. The Kier molecular flexibility index (Phi) is 8.98. The summed E-state index contributed by atoms with van der Waals surface area (Å²) in [5, 5.41) is 7.22. The predicted octanol–water partition coefficient (Wildman–Crippen LogP) is 2.30. The zero-order valence-electron chi connectivity index (χ0n) is 17.9. The maximum atomic E-state index is 13.1. The number of nitrogens with one attached hydrogen (secondary N) is 3. The Balaban J connectivity index is 1.69. The van der Waals surface area contributed by atoms with Crippen LogP contribution in [0.1, 0.15) is 16.0 Å². The van der Waals surface area contributed by atoms with Crippen LogP contribution in [0.4, 0.5) is 4.79 Å². The third-order valence-corrected chi connectivity index (χ3v) is 5.76. The molecular weight excluding hydrogens is 440 g/mol. The molecule has 2 aromatic carbocycles. The van der Waals surface area contributed by atoms with E-state index in [0.29, 0.717) is 0 Å². The van der Waals surface area contributed by atoms with Crippen LogP contribution in [-0.2, 0) is 33.8 Å². The maximum Gasteiger partial charge on any atom is 0.408 e. The highest BCUT2D eigenvalue weighted by Crippen LogP contribution is 2.12. The van der Waals surface area contributed by atoms with E-state index in [9.17, 15) is 14.4 Å². The van der Waals surface area contributed by atoms with Gasteiger partial charge in [-0.2, -0.15) is 0 Å². The SMILES string of the molecule is NNC(=O)C(Cc1cccs1)NC(=O)C(Cc1ccccc1)NC(=O)OCc1ccccc1. The van der Waals surface area contributed by atoms with Crippen LogP contribution in [-0.4, -0.2) is 30.0 Å². The molecule has 0 aliphatic heterocycles. The van der Waals surface area contributed by atoms with E-state index in [1.165, 1.54) is 11.3 Å². The first-order chi connectivity index (χ1) is 16.0. The van der Waals surface area contributed by atoms with E-state index in [-0.39, 0.29) is 19.4 Å². The first-order valence-corrected chi connectivity index (χ1v) is 11.3. The summed E-state index contributed by atoms with van der Waals surface area (Å²) in [6.07, 6.45) is -0.223. The van der Waals surface area contributed by atoms with Crippen LogP contribution in [0.5, 0.6) is 0 Å². The minimum absolute atomic E-state index is 0.0724. The second-order valence-corrected chi connectivity index (χ2v) is 8.33. The molecule has 9 heteroatoms. The number of ether oxygens (including phenoxy) is 1. The largest absolute Gasteiger partial charge is 0.445 e. The Labute approximate surface area is 196 Å². The van der Waals surface area contributed by atoms with Gasteiger partial charge in [0.15, 0.2) is 0 Å². The highest BCUT2D eigenvalue weighted by atomic mass is 32.1. The van der Waals surface area contributed by atoms with E-state index in [1.807, 2.05) is 78.2 Å². The monoisotopic (exact) mass is 466 g/mol. The van der Waals surface area contributed by atoms with Gasteiger partial charge in [0.25, 0.3) is 5.91 Å². The molecule has 8 nitrogen and oxygen atoms in total. The van der Waals surface area contributed by atoms with Crippen LogP contribution in [0.2, 0.25) is 0 Å². The van der Waals surface area contributed by atoms with Crippen molar-refractivity contribution in [2.45, 2.75) is 31.5 Å². The highest BCUT2D eigenvalue weighted by molar-refractivity contribution is 7.09. The van der Waals surface area contributed by atoms with Gasteiger partial charge in [-0.25, -0.2) is 10.6 Å². The number of hydrazine groups is 1. The molecule has 0 fully saturated rings. The highest BCUT2D eigenvalue weighted by Gasteiger charge is 2.27. The number of rotatable bonds is 10. The van der Waals surface area contributed by atoms with Gasteiger partial charge >= 0.3 is 6.09 Å². The average Bonchev–Trinajstić information content (AvgIpc) is 3.36. The summed E-state index contributed by atoms with van der Waals surface area (Å²) < 4.78 is 5.28. The molecule has 0 aliphatic rings. The molecule has 172 valence electrons. The standard InChI is InChI=1S/C24H26N4O4S/c25-28-23(30)21(15-19-12-7-13-33-19)26-22(29)20(14-17-8-3-1-4-9-17)27-24(31)32-16-18-10-5-2-6-11-18/h1-13,20-21H,14-16,25H2,(H,26,29)(H,27,31)(H,28,30). The lowest BCUT2D eigenvalue weighted by atomic mass is 10.0. The van der Waals surface area contributed by atoms with Gasteiger partial charge in [-0.05, 0) is 22.6 Å². The summed E-state index contributed by atoms with van der Waals surface area (Å²) in [5.41, 5.74) is 3.76. The molecule has 3 amide bonds. The fourth-order valence-electron chi connectivity index (χ4n) is 3.18. The number of hydrogen-bond acceptors (Lipinski definition) is 6. The molecule has 3 aromatic rings. The molecule has 2 atom stereocenters. The van der Waals surface area contributed by atoms with Gasteiger partial charge in [0.2, 0.25) is 5.91 Å². The Morgan fingerprint density at radius 2 is 1.42 bits per heavy atom. The lowest BCUT2D eigenvalue weighted by Gasteiger charge is -2.22. The average molecular weight is 467 g/mol. The molecule has 3 rings (SSSR count). The van der Waals surface area contributed by atoms with Gasteiger partial charge in [-0.1, -0.05) is 66.7 Å². The van der Waals surface area contributed by atoms with E-state index in [4.69, 9.17) is 10.6 Å². The van der Waals surface area contributed by atoms with Gasteiger partial charge < -0.3 is 15.4 Å². The minimum atomic E-state index is -0.952. The number of hydrogen-bond donors (Lipinski definition) is 4. The van der Waals surface area contributed by atoms with Gasteiger partial charge in [0, 0.05) is 17.7 Å². The molecule has 1 heterocycles. The Hall–Kier alpha value is -3.69. The minimum Gasteiger partial charge on any atom is -0.445 e. The van der Waals surface area contributed by atoms with E-state index in [0.717, 1.165) is 16.0 Å². The van der Waals surface area contributed by atoms with E-state index in [2.05, 4.69) is 16.1 Å². The van der Waals surface area contributed by atoms with Crippen molar-refractivity contribution >= 4 is 29.2 Å². The second-order valence-electron chi connectivity index (χ2n) is 7.30. The zero-order valence-corrected chi connectivity index (χ0v) is 18.7. The second kappa shape index (κ2) is 12.4. The topological polar surface area (TPSA) is 123 Å². The van der Waals surface area contributed by atoms with Gasteiger partial charge in [0.1, 0.15) is 18.7 Å². The molecule has 1 aromatic heterocycles. The van der Waals surface area contributed by atoms with Crippen molar-refractivity contribution in [1.29, 1.82) is 0 Å². The normalized spacial score (nSPS) is 12.3. The maximum absolute atomic E-state index is 13.1. The smallest absolute Gasteiger partial charge is 0.408 e. The molecule has 0 saturated heterocycles. The zero-order chi connectivity index (χ0) is 23.5. The van der Waals surface area contributed by atoms with Gasteiger partial charge in [-0.15, -0.1) is 11.3 Å². The van der Waals surface area contributed by atoms with Crippen molar-refractivity contribution in [2.75, 3.05) is 0 Å². The van der Waals surface area contributed by atoms with Crippen molar-refractivity contribution < 1.29 is 19.1 Å². The van der Waals surface area contributed by atoms with Gasteiger partial charge in [0.05, 0.1) is 0 Å². The summed E-state index contributed by atoms with van der Waals surface area (Å²) in [6.45, 7) is 0.0724. The number of thiophene rings is 1. The first kappa shape index (κ1) is 24.0. The molecule has 0 bridgehead atoms. The number of carbonyl (C=O) groups is 3. The first-order valence-electron chi connectivity index (χ1n) is 10.4. The summed E-state index contributed by atoms with van der Waals surface area (Å²) >= 11 is 1.47. The molecule has 0 aliphatic carbocycles. The molecule has 5 N–H and O–H groups in total. The third kappa shape index (κ3) is 7.74. The Morgan fingerprint density at radius 1 is 0.788 bits per heavy atom. The van der Waals surface area contributed by atoms with E-state index in [1.54, 1.807) is 0 Å². The number of benzene rings is 2. The van der Waals surface area contributed by atoms with Crippen molar-refractivity contribution in [1.82, 2.24) is 16.1 Å². The summed E-state index contributed by atoms with van der Waals surface area (Å²) in [7, 11) is 0.